The average molecular weight is 348 g/mol. The first kappa shape index (κ1) is 18.4. The van der Waals surface area contributed by atoms with Crippen LogP contribution in [0.4, 0.5) is 0 Å². The molecule has 6 nitrogen and oxygen atoms in total. The van der Waals surface area contributed by atoms with Crippen LogP contribution in [0.1, 0.15) is 76.4 Å². The van der Waals surface area contributed by atoms with E-state index in [2.05, 4.69) is 40.7 Å². The van der Waals surface area contributed by atoms with E-state index in [1.807, 2.05) is 0 Å². The molecule has 1 aromatic heterocycles. The molecule has 3 heterocycles. The molecular weight excluding hydrogens is 316 g/mol. The van der Waals surface area contributed by atoms with Gasteiger partial charge in [0.15, 0.2) is 5.82 Å². The molecule has 3 rings (SSSR count). The Morgan fingerprint density at radius 1 is 1.24 bits per heavy atom. The van der Waals surface area contributed by atoms with E-state index in [1.165, 1.54) is 6.42 Å². The first-order valence-corrected chi connectivity index (χ1v) is 9.86. The Bertz CT molecular complexity index is 564. The van der Waals surface area contributed by atoms with Gasteiger partial charge in [0, 0.05) is 37.9 Å². The molecule has 1 amide bonds. The Kier molecular flexibility index (Phi) is 6.10. The van der Waals surface area contributed by atoms with Crippen molar-refractivity contribution < 1.29 is 9.32 Å². The monoisotopic (exact) mass is 348 g/mol. The second-order valence-electron chi connectivity index (χ2n) is 8.10. The molecular formula is C19H32N4O2. The third-order valence-electron chi connectivity index (χ3n) is 5.56. The maximum atomic E-state index is 12.4. The molecule has 1 atom stereocenters. The van der Waals surface area contributed by atoms with Crippen LogP contribution in [-0.2, 0) is 4.79 Å². The number of hydrogen-bond donors (Lipinski definition) is 0. The maximum Gasteiger partial charge on any atom is 0.229 e. The molecule has 0 radical (unpaired) electrons. The van der Waals surface area contributed by atoms with Crippen LogP contribution in [0.2, 0.25) is 0 Å². The van der Waals surface area contributed by atoms with Crippen molar-refractivity contribution >= 4 is 5.91 Å². The van der Waals surface area contributed by atoms with Crippen molar-refractivity contribution in [3.05, 3.63) is 11.7 Å². The van der Waals surface area contributed by atoms with Gasteiger partial charge in [-0.05, 0) is 44.7 Å². The van der Waals surface area contributed by atoms with Gasteiger partial charge in [0.25, 0.3) is 0 Å². The summed E-state index contributed by atoms with van der Waals surface area (Å²) < 4.78 is 5.45. The topological polar surface area (TPSA) is 62.5 Å². The summed E-state index contributed by atoms with van der Waals surface area (Å²) in [6, 6.07) is 0. The van der Waals surface area contributed by atoms with Crippen LogP contribution in [-0.4, -0.2) is 58.6 Å². The molecule has 0 spiro atoms. The highest BCUT2D eigenvalue weighted by Gasteiger charge is 2.27. The molecule has 0 aliphatic carbocycles. The first-order valence-electron chi connectivity index (χ1n) is 9.86. The molecule has 2 aliphatic heterocycles. The molecule has 0 N–H and O–H groups in total. The molecule has 2 fully saturated rings. The summed E-state index contributed by atoms with van der Waals surface area (Å²) in [6.45, 7) is 11.2. The summed E-state index contributed by atoms with van der Waals surface area (Å²) in [5.41, 5.74) is 0. The summed E-state index contributed by atoms with van der Waals surface area (Å²) >= 11 is 0. The maximum absolute atomic E-state index is 12.4. The largest absolute Gasteiger partial charge is 0.342 e. The zero-order valence-corrected chi connectivity index (χ0v) is 15.9. The van der Waals surface area contributed by atoms with Gasteiger partial charge in [0.2, 0.25) is 11.8 Å². The van der Waals surface area contributed by atoms with Crippen LogP contribution in [0.25, 0.3) is 0 Å². The summed E-state index contributed by atoms with van der Waals surface area (Å²) in [5, 5.41) is 4.08. The van der Waals surface area contributed by atoms with Gasteiger partial charge in [-0.2, -0.15) is 4.98 Å². The second-order valence-corrected chi connectivity index (χ2v) is 8.10. The molecule has 0 unspecified atom stereocenters. The minimum Gasteiger partial charge on any atom is -0.342 e. The summed E-state index contributed by atoms with van der Waals surface area (Å²) in [5.74, 6) is 3.25. The lowest BCUT2D eigenvalue weighted by atomic mass is 9.96. The van der Waals surface area contributed by atoms with Crippen LogP contribution in [0.15, 0.2) is 4.52 Å². The number of piperidine rings is 2. The average Bonchev–Trinajstić information content (AvgIpc) is 3.10. The number of likely N-dealkylation sites (tertiary alicyclic amines) is 2. The third kappa shape index (κ3) is 4.81. The van der Waals surface area contributed by atoms with Gasteiger partial charge in [-0.25, -0.2) is 0 Å². The lowest BCUT2D eigenvalue weighted by Gasteiger charge is -2.33. The lowest BCUT2D eigenvalue weighted by Crippen LogP contribution is -2.41. The molecule has 0 saturated carbocycles. The molecule has 0 bridgehead atoms. The highest BCUT2D eigenvalue weighted by Crippen LogP contribution is 2.27. The van der Waals surface area contributed by atoms with Crippen molar-refractivity contribution in [2.45, 2.75) is 64.7 Å². The van der Waals surface area contributed by atoms with Crippen LogP contribution in [0.3, 0.4) is 0 Å². The fraction of sp³-hybridized carbons (Fsp3) is 0.842. The minimum absolute atomic E-state index is 0.307. The fourth-order valence-corrected chi connectivity index (χ4v) is 3.88. The molecule has 1 aromatic rings. The van der Waals surface area contributed by atoms with Crippen LogP contribution in [0, 0.1) is 5.92 Å². The number of aromatic nitrogens is 2. The molecule has 0 aromatic carbocycles. The van der Waals surface area contributed by atoms with Crippen molar-refractivity contribution in [2.24, 2.45) is 5.92 Å². The van der Waals surface area contributed by atoms with Gasteiger partial charge in [-0.15, -0.1) is 0 Å². The Hall–Kier alpha value is -1.43. The summed E-state index contributed by atoms with van der Waals surface area (Å²) in [4.78, 5) is 21.4. The lowest BCUT2D eigenvalue weighted by molar-refractivity contribution is -0.133. The van der Waals surface area contributed by atoms with Gasteiger partial charge >= 0.3 is 0 Å². The number of rotatable bonds is 5. The molecule has 25 heavy (non-hydrogen) atoms. The Balaban J connectivity index is 1.41. The van der Waals surface area contributed by atoms with E-state index in [-0.39, 0.29) is 0 Å². The smallest absolute Gasteiger partial charge is 0.229 e. The van der Waals surface area contributed by atoms with Gasteiger partial charge in [-0.1, -0.05) is 25.9 Å². The normalized spacial score (nSPS) is 23.4. The SMILES string of the molecule is CC(C)c1noc(C2CCN(CCC(=O)N3CCC[C@H](C)C3)CC2)n1. The highest BCUT2D eigenvalue weighted by molar-refractivity contribution is 5.76. The van der Waals surface area contributed by atoms with Gasteiger partial charge < -0.3 is 14.3 Å². The molecule has 2 saturated heterocycles. The standard InChI is InChI=1S/C19H32N4O2/c1-14(2)18-20-19(25-21-18)16-6-10-22(11-7-16)12-8-17(24)23-9-4-5-15(3)13-23/h14-16H,4-13H2,1-3H3/t15-/m0/s1. The van der Waals surface area contributed by atoms with Gasteiger partial charge in [-0.3, -0.25) is 4.79 Å². The van der Waals surface area contributed by atoms with E-state index in [0.29, 0.717) is 30.1 Å². The number of carbonyl (C=O) groups is 1. The number of carbonyl (C=O) groups excluding carboxylic acids is 1. The van der Waals surface area contributed by atoms with Gasteiger partial charge in [0.1, 0.15) is 0 Å². The number of hydrogen-bond acceptors (Lipinski definition) is 5. The predicted octanol–water partition coefficient (Wildman–Crippen LogP) is 3.02. The van der Waals surface area contributed by atoms with Crippen LogP contribution < -0.4 is 0 Å². The highest BCUT2D eigenvalue weighted by atomic mass is 16.5. The summed E-state index contributed by atoms with van der Waals surface area (Å²) in [7, 11) is 0. The van der Waals surface area contributed by atoms with Crippen molar-refractivity contribution in [3.63, 3.8) is 0 Å². The van der Waals surface area contributed by atoms with Crippen molar-refractivity contribution in [1.82, 2.24) is 19.9 Å². The van der Waals surface area contributed by atoms with Crippen LogP contribution >= 0.6 is 0 Å². The molecule has 2 aliphatic rings. The van der Waals surface area contributed by atoms with Crippen molar-refractivity contribution in [3.8, 4) is 0 Å². The van der Waals surface area contributed by atoms with E-state index in [1.54, 1.807) is 0 Å². The van der Waals surface area contributed by atoms with Gasteiger partial charge in [0.05, 0.1) is 0 Å². The minimum atomic E-state index is 0.307. The fourth-order valence-electron chi connectivity index (χ4n) is 3.88. The van der Waals surface area contributed by atoms with Crippen LogP contribution in [0.5, 0.6) is 0 Å². The number of amides is 1. The van der Waals surface area contributed by atoms with E-state index in [9.17, 15) is 4.79 Å². The summed E-state index contributed by atoms with van der Waals surface area (Å²) in [6.07, 6.45) is 5.13. The third-order valence-corrected chi connectivity index (χ3v) is 5.56. The van der Waals surface area contributed by atoms with E-state index < -0.39 is 0 Å². The van der Waals surface area contributed by atoms with Crippen molar-refractivity contribution in [2.75, 3.05) is 32.7 Å². The molecule has 140 valence electrons. The first-order chi connectivity index (χ1) is 12.0. The second kappa shape index (κ2) is 8.30. The Labute approximate surface area is 150 Å². The Morgan fingerprint density at radius 2 is 2.00 bits per heavy atom. The zero-order valence-electron chi connectivity index (χ0n) is 15.9. The predicted molar refractivity (Wildman–Crippen MR) is 96.4 cm³/mol. The van der Waals surface area contributed by atoms with E-state index in [4.69, 9.17) is 4.52 Å². The zero-order chi connectivity index (χ0) is 17.8. The van der Waals surface area contributed by atoms with Crippen molar-refractivity contribution in [1.29, 1.82) is 0 Å². The van der Waals surface area contributed by atoms with E-state index >= 15 is 0 Å². The molecule has 6 heteroatoms. The number of nitrogens with zero attached hydrogens (tertiary/aromatic N) is 4. The van der Waals surface area contributed by atoms with E-state index in [0.717, 1.165) is 63.7 Å². The quantitative estimate of drug-likeness (QED) is 0.818. The Morgan fingerprint density at radius 3 is 2.64 bits per heavy atom.